The van der Waals surface area contributed by atoms with Crippen molar-refractivity contribution in [2.24, 2.45) is 5.92 Å². The van der Waals surface area contributed by atoms with Gasteiger partial charge in [-0.3, -0.25) is 9.59 Å². The fraction of sp³-hybridized carbons (Fsp3) is 0.886. The van der Waals surface area contributed by atoms with Crippen LogP contribution in [0.4, 0.5) is 0 Å². The van der Waals surface area contributed by atoms with Gasteiger partial charge in [0.2, 0.25) is 0 Å². The van der Waals surface area contributed by atoms with Crippen molar-refractivity contribution in [1.29, 1.82) is 0 Å². The molecule has 1 unspecified atom stereocenters. The Bertz CT molecular complexity index is 557. The van der Waals surface area contributed by atoms with Crippen LogP contribution in [-0.4, -0.2) is 23.7 Å². The fourth-order valence-electron chi connectivity index (χ4n) is 5.24. The first kappa shape index (κ1) is 37.7. The molecule has 0 bridgehead atoms. The molecule has 230 valence electrons. The number of unbranched alkanes of at least 4 members (excludes halogenated alkanes) is 22. The molecule has 39 heavy (non-hydrogen) atoms. The third-order valence-corrected chi connectivity index (χ3v) is 7.77. The van der Waals surface area contributed by atoms with Gasteiger partial charge in [-0.1, -0.05) is 154 Å². The van der Waals surface area contributed by atoms with Gasteiger partial charge in [0.1, 0.15) is 0 Å². The maximum Gasteiger partial charge on any atom is 0.309 e. The summed E-state index contributed by atoms with van der Waals surface area (Å²) < 4.78 is 5.16. The lowest BCUT2D eigenvalue weighted by Crippen LogP contribution is -2.21. The number of carbonyl (C=O) groups excluding carboxylic acids is 1. The van der Waals surface area contributed by atoms with E-state index in [2.05, 4.69) is 19.1 Å². The lowest BCUT2D eigenvalue weighted by atomic mass is 9.97. The molecule has 0 rings (SSSR count). The molecule has 4 nitrogen and oxygen atoms in total. The number of hydrogen-bond donors (Lipinski definition) is 1. The zero-order valence-electron chi connectivity index (χ0n) is 26.2. The summed E-state index contributed by atoms with van der Waals surface area (Å²) in [5, 5.41) is 9.04. The van der Waals surface area contributed by atoms with E-state index in [1.807, 2.05) is 6.92 Å². The number of ether oxygens (including phenoxy) is 1. The summed E-state index contributed by atoms with van der Waals surface area (Å²) in [7, 11) is 0. The Hall–Kier alpha value is -1.32. The molecule has 0 spiro atoms. The molecule has 0 amide bonds. The van der Waals surface area contributed by atoms with Gasteiger partial charge in [0.05, 0.1) is 18.9 Å². The Kier molecular flexibility index (Phi) is 30.2. The number of aliphatic carboxylic acids is 1. The van der Waals surface area contributed by atoms with Crippen LogP contribution in [0, 0.1) is 5.92 Å². The molecule has 1 atom stereocenters. The van der Waals surface area contributed by atoms with Crippen LogP contribution in [0.5, 0.6) is 0 Å². The van der Waals surface area contributed by atoms with Gasteiger partial charge < -0.3 is 9.84 Å². The summed E-state index contributed by atoms with van der Waals surface area (Å²) in [5.74, 6) is -1.75. The van der Waals surface area contributed by atoms with Crippen LogP contribution >= 0.6 is 0 Å². The lowest BCUT2D eigenvalue weighted by Gasteiger charge is -2.13. The van der Waals surface area contributed by atoms with Gasteiger partial charge >= 0.3 is 11.9 Å². The Balaban J connectivity index is 3.37. The van der Waals surface area contributed by atoms with Crippen LogP contribution in [0.1, 0.15) is 187 Å². The van der Waals surface area contributed by atoms with Crippen LogP contribution in [0.2, 0.25) is 0 Å². The summed E-state index contributed by atoms with van der Waals surface area (Å²) in [4.78, 5) is 23.0. The molecule has 0 aliphatic heterocycles. The molecule has 0 saturated heterocycles. The standard InChI is InChI=1S/C35H66O4/c1-3-5-6-7-8-9-10-11-12-13-14-15-16-17-18-19-20-21-22-23-24-25-26-27-28-29-30-33(32-34(36)37)35(38)39-31-4-2/h21-22,33H,3-20,23-32H2,1-2H3,(H,36,37)/b22-21+. The molecule has 1 N–H and O–H groups in total. The van der Waals surface area contributed by atoms with E-state index in [1.165, 1.54) is 135 Å². The SMILES string of the molecule is CCCCCCCCCCCCCCCCCC/C=C/CCCCCCCCC(CC(=O)O)C(=O)OCCC. The second kappa shape index (κ2) is 31.2. The van der Waals surface area contributed by atoms with Crippen LogP contribution in [0.3, 0.4) is 0 Å². The highest BCUT2D eigenvalue weighted by Crippen LogP contribution is 2.18. The van der Waals surface area contributed by atoms with Crippen molar-refractivity contribution in [1.82, 2.24) is 0 Å². The van der Waals surface area contributed by atoms with Gasteiger partial charge in [-0.2, -0.15) is 0 Å². The molecular formula is C35H66O4. The fourth-order valence-corrected chi connectivity index (χ4v) is 5.24. The maximum absolute atomic E-state index is 12.0. The van der Waals surface area contributed by atoms with Crippen molar-refractivity contribution >= 4 is 11.9 Å². The number of carboxylic acids is 1. The summed E-state index contributed by atoms with van der Waals surface area (Å²) in [6.07, 6.45) is 38.1. The maximum atomic E-state index is 12.0. The molecule has 0 heterocycles. The minimum absolute atomic E-state index is 0.117. The van der Waals surface area contributed by atoms with E-state index < -0.39 is 11.9 Å². The minimum atomic E-state index is -0.920. The first-order valence-corrected chi connectivity index (χ1v) is 17.1. The predicted molar refractivity (Wildman–Crippen MR) is 167 cm³/mol. The lowest BCUT2D eigenvalue weighted by molar-refractivity contribution is -0.153. The smallest absolute Gasteiger partial charge is 0.309 e. The van der Waals surface area contributed by atoms with Crippen molar-refractivity contribution in [3.63, 3.8) is 0 Å². The van der Waals surface area contributed by atoms with E-state index in [0.717, 1.165) is 25.7 Å². The second-order valence-corrected chi connectivity index (χ2v) is 11.7. The van der Waals surface area contributed by atoms with Crippen LogP contribution in [0.25, 0.3) is 0 Å². The monoisotopic (exact) mass is 550 g/mol. The highest BCUT2D eigenvalue weighted by Gasteiger charge is 2.22. The second-order valence-electron chi connectivity index (χ2n) is 11.7. The number of esters is 1. The number of allylic oxidation sites excluding steroid dienone is 2. The van der Waals surface area contributed by atoms with Gasteiger partial charge in [-0.05, 0) is 38.5 Å². The molecule has 0 saturated carbocycles. The highest BCUT2D eigenvalue weighted by molar-refractivity contribution is 5.79. The van der Waals surface area contributed by atoms with Crippen LogP contribution in [-0.2, 0) is 14.3 Å². The number of carbonyl (C=O) groups is 2. The topological polar surface area (TPSA) is 63.6 Å². The molecule has 0 aliphatic carbocycles. The first-order valence-electron chi connectivity index (χ1n) is 17.1. The average Bonchev–Trinajstić information content (AvgIpc) is 2.92. The van der Waals surface area contributed by atoms with Crippen molar-refractivity contribution in [3.05, 3.63) is 12.2 Å². The number of carboxylic acid groups (broad SMARTS) is 1. The van der Waals surface area contributed by atoms with Gasteiger partial charge in [-0.25, -0.2) is 0 Å². The van der Waals surface area contributed by atoms with Crippen LogP contribution in [0.15, 0.2) is 12.2 Å². The third-order valence-electron chi connectivity index (χ3n) is 7.77. The first-order chi connectivity index (χ1) is 19.1. The van der Waals surface area contributed by atoms with Gasteiger partial charge in [0.15, 0.2) is 0 Å². The van der Waals surface area contributed by atoms with E-state index >= 15 is 0 Å². The molecule has 0 radical (unpaired) electrons. The zero-order valence-corrected chi connectivity index (χ0v) is 26.2. The number of rotatable bonds is 31. The van der Waals surface area contributed by atoms with Crippen molar-refractivity contribution < 1.29 is 19.4 Å². The zero-order chi connectivity index (χ0) is 28.7. The Morgan fingerprint density at radius 2 is 0.949 bits per heavy atom. The van der Waals surface area contributed by atoms with Gasteiger partial charge in [-0.15, -0.1) is 0 Å². The summed E-state index contributed by atoms with van der Waals surface area (Å²) >= 11 is 0. The molecule has 0 aromatic heterocycles. The molecule has 0 fully saturated rings. The Labute approximate surface area is 243 Å². The highest BCUT2D eigenvalue weighted by atomic mass is 16.5. The molecule has 0 aromatic carbocycles. The van der Waals surface area contributed by atoms with Crippen molar-refractivity contribution in [2.45, 2.75) is 187 Å². The number of hydrogen-bond acceptors (Lipinski definition) is 3. The predicted octanol–water partition coefficient (Wildman–Crippen LogP) is 11.4. The Morgan fingerprint density at radius 1 is 0.564 bits per heavy atom. The minimum Gasteiger partial charge on any atom is -0.481 e. The van der Waals surface area contributed by atoms with Crippen molar-refractivity contribution in [3.8, 4) is 0 Å². The quantitative estimate of drug-likeness (QED) is 0.0529. The summed E-state index contributed by atoms with van der Waals surface area (Å²) in [5.41, 5.74) is 0. The molecule has 4 heteroatoms. The van der Waals surface area contributed by atoms with Gasteiger partial charge in [0.25, 0.3) is 0 Å². The normalized spacial score (nSPS) is 12.3. The Morgan fingerprint density at radius 3 is 1.33 bits per heavy atom. The summed E-state index contributed by atoms with van der Waals surface area (Å²) in [6.45, 7) is 4.61. The van der Waals surface area contributed by atoms with E-state index in [4.69, 9.17) is 9.84 Å². The molecule has 0 aromatic rings. The largest absolute Gasteiger partial charge is 0.481 e. The van der Waals surface area contributed by atoms with E-state index in [9.17, 15) is 9.59 Å². The molecular weight excluding hydrogens is 484 g/mol. The van der Waals surface area contributed by atoms with E-state index in [1.54, 1.807) is 0 Å². The summed E-state index contributed by atoms with van der Waals surface area (Å²) in [6, 6.07) is 0. The van der Waals surface area contributed by atoms with Crippen LogP contribution < -0.4 is 0 Å². The molecule has 0 aliphatic rings. The van der Waals surface area contributed by atoms with Crippen molar-refractivity contribution in [2.75, 3.05) is 6.61 Å². The van der Waals surface area contributed by atoms with E-state index in [0.29, 0.717) is 13.0 Å². The van der Waals surface area contributed by atoms with E-state index in [-0.39, 0.29) is 12.4 Å². The third kappa shape index (κ3) is 29.5. The van der Waals surface area contributed by atoms with Gasteiger partial charge in [0, 0.05) is 0 Å². The average molecular weight is 551 g/mol.